The van der Waals surface area contributed by atoms with E-state index in [0.717, 1.165) is 43.4 Å². The third-order valence-corrected chi connectivity index (χ3v) is 7.70. The van der Waals surface area contributed by atoms with Crippen LogP contribution >= 0.6 is 12.2 Å². The van der Waals surface area contributed by atoms with Gasteiger partial charge in [0.1, 0.15) is 12.4 Å². The van der Waals surface area contributed by atoms with Crippen molar-refractivity contribution in [1.82, 2.24) is 10.2 Å². The number of methoxy groups -OCH3 is 1. The molecular weight excluding hydrogens is 424 g/mol. The van der Waals surface area contributed by atoms with E-state index in [-0.39, 0.29) is 29.6 Å². The molecule has 1 aliphatic heterocycles. The van der Waals surface area contributed by atoms with E-state index in [4.69, 9.17) is 26.4 Å². The highest BCUT2D eigenvalue weighted by Crippen LogP contribution is 2.60. The van der Waals surface area contributed by atoms with Gasteiger partial charge in [0.05, 0.1) is 18.8 Å². The highest BCUT2D eigenvalue weighted by Gasteiger charge is 2.67. The Morgan fingerprint density at radius 1 is 1.19 bits per heavy atom. The predicted octanol–water partition coefficient (Wildman–Crippen LogP) is 3.94. The third kappa shape index (κ3) is 3.72. The topological polar surface area (TPSA) is 60.0 Å². The SMILES string of the molecule is CO[C@H]1CC[C@]2(CC1)Cc1ccc(OCCOC(C)C)cc1C21NC(=S)N(C(C)C)C1=O. The van der Waals surface area contributed by atoms with Gasteiger partial charge in [-0.2, -0.15) is 0 Å². The Balaban J connectivity index is 1.70. The van der Waals surface area contributed by atoms with Crippen LogP contribution in [-0.4, -0.2) is 54.5 Å². The predicted molar refractivity (Wildman–Crippen MR) is 128 cm³/mol. The number of nitrogens with zero attached hydrogens (tertiary/aromatic N) is 1. The van der Waals surface area contributed by atoms with Crippen molar-refractivity contribution in [2.45, 2.75) is 83.6 Å². The van der Waals surface area contributed by atoms with Gasteiger partial charge in [0.2, 0.25) is 0 Å². The number of ether oxygens (including phenoxy) is 3. The fourth-order valence-corrected chi connectivity index (χ4v) is 6.31. The zero-order valence-electron chi connectivity index (χ0n) is 19.9. The molecule has 1 amide bonds. The molecule has 1 aromatic rings. The van der Waals surface area contributed by atoms with Crippen molar-refractivity contribution in [3.8, 4) is 5.75 Å². The molecule has 1 saturated heterocycles. The first kappa shape index (κ1) is 23.5. The van der Waals surface area contributed by atoms with E-state index < -0.39 is 5.54 Å². The van der Waals surface area contributed by atoms with Crippen molar-refractivity contribution in [2.75, 3.05) is 20.3 Å². The van der Waals surface area contributed by atoms with Gasteiger partial charge in [-0.25, -0.2) is 0 Å². The maximum absolute atomic E-state index is 14.1. The Labute approximate surface area is 197 Å². The van der Waals surface area contributed by atoms with Crippen LogP contribution in [0.5, 0.6) is 5.75 Å². The lowest BCUT2D eigenvalue weighted by molar-refractivity contribution is -0.139. The van der Waals surface area contributed by atoms with Crippen LogP contribution in [0.4, 0.5) is 0 Å². The summed E-state index contributed by atoms with van der Waals surface area (Å²) < 4.78 is 17.3. The van der Waals surface area contributed by atoms with Gasteiger partial charge in [-0.15, -0.1) is 0 Å². The molecule has 176 valence electrons. The van der Waals surface area contributed by atoms with Crippen LogP contribution < -0.4 is 10.1 Å². The van der Waals surface area contributed by atoms with Crippen molar-refractivity contribution in [1.29, 1.82) is 0 Å². The molecule has 2 spiro atoms. The standard InChI is InChI=1S/C25H36N2O4S/c1-16(2)27-22(28)25(26-23(27)32)21-14-20(31-13-12-30-17(3)4)7-6-18(21)15-24(25)10-8-19(29-5)9-11-24/h6-7,14,16-17,19H,8-13,15H2,1-5H3,(H,26,32)/t19-,24-,25?. The van der Waals surface area contributed by atoms with Crippen molar-refractivity contribution < 1.29 is 19.0 Å². The molecular formula is C25H36N2O4S. The Morgan fingerprint density at radius 2 is 1.91 bits per heavy atom. The molecule has 1 aromatic carbocycles. The molecule has 7 heteroatoms. The minimum Gasteiger partial charge on any atom is -0.491 e. The maximum atomic E-state index is 14.1. The molecule has 2 fully saturated rings. The third-order valence-electron chi connectivity index (χ3n) is 7.41. The zero-order valence-corrected chi connectivity index (χ0v) is 20.7. The number of thiocarbonyl (C=S) groups is 1. The van der Waals surface area contributed by atoms with Crippen molar-refractivity contribution in [3.05, 3.63) is 29.3 Å². The molecule has 6 nitrogen and oxygen atoms in total. The summed E-state index contributed by atoms with van der Waals surface area (Å²) in [4.78, 5) is 15.9. The summed E-state index contributed by atoms with van der Waals surface area (Å²) >= 11 is 5.70. The van der Waals surface area contributed by atoms with E-state index in [2.05, 4.69) is 17.4 Å². The van der Waals surface area contributed by atoms with Gasteiger partial charge >= 0.3 is 0 Å². The van der Waals surface area contributed by atoms with E-state index >= 15 is 0 Å². The monoisotopic (exact) mass is 460 g/mol. The van der Waals surface area contributed by atoms with Crippen LogP contribution in [0.15, 0.2) is 18.2 Å². The number of nitrogens with one attached hydrogen (secondary N) is 1. The lowest BCUT2D eigenvalue weighted by atomic mass is 9.61. The normalized spacial score (nSPS) is 29.5. The summed E-state index contributed by atoms with van der Waals surface area (Å²) in [6, 6.07) is 6.20. The Kier molecular flexibility index (Phi) is 6.54. The molecule has 4 rings (SSSR count). The Morgan fingerprint density at radius 3 is 2.50 bits per heavy atom. The van der Waals surface area contributed by atoms with E-state index in [1.165, 1.54) is 5.56 Å². The zero-order chi connectivity index (χ0) is 23.1. The van der Waals surface area contributed by atoms with Crippen LogP contribution in [0.2, 0.25) is 0 Å². The average molecular weight is 461 g/mol. The van der Waals surface area contributed by atoms with Gasteiger partial charge in [0.15, 0.2) is 10.7 Å². The molecule has 2 aliphatic carbocycles. The lowest BCUT2D eigenvalue weighted by Gasteiger charge is -2.46. The van der Waals surface area contributed by atoms with E-state index in [1.54, 1.807) is 12.0 Å². The summed E-state index contributed by atoms with van der Waals surface area (Å²) in [7, 11) is 1.78. The first-order valence-corrected chi connectivity index (χ1v) is 12.2. The summed E-state index contributed by atoms with van der Waals surface area (Å²) in [5.41, 5.74) is 1.18. The first-order chi connectivity index (χ1) is 15.2. The van der Waals surface area contributed by atoms with Crippen LogP contribution in [0.3, 0.4) is 0 Å². The Hall–Kier alpha value is -1.70. The molecule has 1 heterocycles. The number of hydrogen-bond donors (Lipinski definition) is 1. The highest BCUT2D eigenvalue weighted by molar-refractivity contribution is 7.80. The smallest absolute Gasteiger partial charge is 0.259 e. The number of rotatable bonds is 7. The van der Waals surface area contributed by atoms with E-state index in [0.29, 0.717) is 18.3 Å². The fourth-order valence-electron chi connectivity index (χ4n) is 5.86. The van der Waals surface area contributed by atoms with Crippen molar-refractivity contribution >= 4 is 23.2 Å². The van der Waals surface area contributed by atoms with Crippen LogP contribution in [-0.2, 0) is 26.2 Å². The molecule has 0 aromatic heterocycles. The molecule has 0 radical (unpaired) electrons. The van der Waals surface area contributed by atoms with Crippen molar-refractivity contribution in [2.24, 2.45) is 5.41 Å². The minimum atomic E-state index is -0.837. The number of amides is 1. The molecule has 1 saturated carbocycles. The van der Waals surface area contributed by atoms with E-state index in [9.17, 15) is 4.79 Å². The van der Waals surface area contributed by atoms with Gasteiger partial charge in [-0.3, -0.25) is 9.69 Å². The van der Waals surface area contributed by atoms with Gasteiger partial charge < -0.3 is 19.5 Å². The van der Waals surface area contributed by atoms with Gasteiger partial charge in [0, 0.05) is 18.6 Å². The number of carbonyl (C=O) groups is 1. The number of carbonyl (C=O) groups excluding carboxylic acids is 1. The number of fused-ring (bicyclic) bond motifs is 3. The largest absolute Gasteiger partial charge is 0.491 e. The maximum Gasteiger partial charge on any atom is 0.259 e. The molecule has 1 unspecified atom stereocenters. The van der Waals surface area contributed by atoms with Gasteiger partial charge in [-0.1, -0.05) is 6.07 Å². The second kappa shape index (κ2) is 8.92. The van der Waals surface area contributed by atoms with Crippen LogP contribution in [0, 0.1) is 5.41 Å². The van der Waals surface area contributed by atoms with Crippen LogP contribution in [0.1, 0.15) is 64.5 Å². The molecule has 1 atom stereocenters. The lowest BCUT2D eigenvalue weighted by Crippen LogP contribution is -2.57. The van der Waals surface area contributed by atoms with Crippen LogP contribution in [0.25, 0.3) is 0 Å². The van der Waals surface area contributed by atoms with Gasteiger partial charge in [-0.05, 0) is 95.3 Å². The number of hydrogen-bond acceptors (Lipinski definition) is 5. The van der Waals surface area contributed by atoms with E-state index in [1.807, 2.05) is 33.8 Å². The number of benzene rings is 1. The van der Waals surface area contributed by atoms with Gasteiger partial charge in [0.25, 0.3) is 5.91 Å². The molecule has 3 aliphatic rings. The quantitative estimate of drug-likeness (QED) is 0.491. The Bertz CT molecular complexity index is 879. The highest BCUT2D eigenvalue weighted by atomic mass is 32.1. The summed E-state index contributed by atoms with van der Waals surface area (Å²) in [6.07, 6.45) is 5.04. The first-order valence-electron chi connectivity index (χ1n) is 11.8. The summed E-state index contributed by atoms with van der Waals surface area (Å²) in [6.45, 7) is 9.06. The fraction of sp³-hybridized carbons (Fsp3) is 0.680. The summed E-state index contributed by atoms with van der Waals surface area (Å²) in [5.74, 6) is 0.842. The van der Waals surface area contributed by atoms with Crippen molar-refractivity contribution in [3.63, 3.8) is 0 Å². The second-order valence-corrected chi connectivity index (χ2v) is 10.3. The molecule has 1 N–H and O–H groups in total. The average Bonchev–Trinajstić information content (AvgIpc) is 3.17. The second-order valence-electron chi connectivity index (χ2n) is 9.93. The summed E-state index contributed by atoms with van der Waals surface area (Å²) in [5, 5.41) is 4.09. The minimum absolute atomic E-state index is 0.00547. The molecule has 32 heavy (non-hydrogen) atoms. The molecule has 0 bridgehead atoms.